The van der Waals surface area contributed by atoms with Crippen LogP contribution in [0.4, 0.5) is 5.82 Å². The molecule has 0 saturated carbocycles. The summed E-state index contributed by atoms with van der Waals surface area (Å²) in [6, 6.07) is 3.65. The summed E-state index contributed by atoms with van der Waals surface area (Å²) in [5.74, 6) is 0.778. The van der Waals surface area contributed by atoms with Crippen molar-refractivity contribution in [1.82, 2.24) is 10.3 Å². The molecule has 0 aliphatic rings. The van der Waals surface area contributed by atoms with Gasteiger partial charge in [0.05, 0.1) is 5.56 Å². The SMILES string of the molecule is CCCCCNC(=O)c1ccc(NCCC)nc1. The Labute approximate surface area is 109 Å². The Morgan fingerprint density at radius 1 is 1.17 bits per heavy atom. The van der Waals surface area contributed by atoms with E-state index in [1.807, 2.05) is 6.07 Å². The van der Waals surface area contributed by atoms with Gasteiger partial charge in [-0.15, -0.1) is 0 Å². The fraction of sp³-hybridized carbons (Fsp3) is 0.571. The number of hydrogen-bond acceptors (Lipinski definition) is 3. The molecule has 100 valence electrons. The number of nitrogens with one attached hydrogen (secondary N) is 2. The van der Waals surface area contributed by atoms with E-state index < -0.39 is 0 Å². The van der Waals surface area contributed by atoms with Crippen LogP contribution in [0.15, 0.2) is 18.3 Å². The molecule has 0 fully saturated rings. The second kappa shape index (κ2) is 8.50. The summed E-state index contributed by atoms with van der Waals surface area (Å²) in [7, 11) is 0. The minimum Gasteiger partial charge on any atom is -0.370 e. The Morgan fingerprint density at radius 3 is 2.61 bits per heavy atom. The zero-order valence-corrected chi connectivity index (χ0v) is 11.3. The third kappa shape index (κ3) is 5.17. The first-order valence-electron chi connectivity index (χ1n) is 6.76. The zero-order valence-electron chi connectivity index (χ0n) is 11.3. The van der Waals surface area contributed by atoms with E-state index in [9.17, 15) is 4.79 Å². The van der Waals surface area contributed by atoms with E-state index >= 15 is 0 Å². The van der Waals surface area contributed by atoms with Gasteiger partial charge in [0.15, 0.2) is 0 Å². The average molecular weight is 249 g/mol. The lowest BCUT2D eigenvalue weighted by atomic mass is 10.2. The molecule has 0 aliphatic heterocycles. The van der Waals surface area contributed by atoms with E-state index in [0.717, 1.165) is 44.6 Å². The maximum atomic E-state index is 11.8. The van der Waals surface area contributed by atoms with Crippen LogP contribution in [0.1, 0.15) is 49.9 Å². The van der Waals surface area contributed by atoms with E-state index in [2.05, 4.69) is 29.5 Å². The van der Waals surface area contributed by atoms with Gasteiger partial charge in [-0.2, -0.15) is 0 Å². The van der Waals surface area contributed by atoms with E-state index in [4.69, 9.17) is 0 Å². The molecule has 0 radical (unpaired) electrons. The highest BCUT2D eigenvalue weighted by atomic mass is 16.1. The number of nitrogens with zero attached hydrogens (tertiary/aromatic N) is 1. The molecule has 0 aromatic carbocycles. The minimum absolute atomic E-state index is 0.0411. The van der Waals surface area contributed by atoms with Crippen molar-refractivity contribution in [3.8, 4) is 0 Å². The molecule has 1 heterocycles. The molecule has 1 rings (SSSR count). The minimum atomic E-state index is -0.0411. The van der Waals surface area contributed by atoms with Crippen LogP contribution in [-0.2, 0) is 0 Å². The quantitative estimate of drug-likeness (QED) is 0.697. The second-order valence-corrected chi connectivity index (χ2v) is 4.32. The highest BCUT2D eigenvalue weighted by molar-refractivity contribution is 5.93. The first kappa shape index (κ1) is 14.5. The van der Waals surface area contributed by atoms with Gasteiger partial charge in [-0.05, 0) is 25.0 Å². The fourth-order valence-electron chi connectivity index (χ4n) is 1.56. The van der Waals surface area contributed by atoms with Crippen molar-refractivity contribution >= 4 is 11.7 Å². The van der Waals surface area contributed by atoms with Gasteiger partial charge >= 0.3 is 0 Å². The van der Waals surface area contributed by atoms with Gasteiger partial charge in [-0.1, -0.05) is 26.7 Å². The molecule has 1 aromatic heterocycles. The monoisotopic (exact) mass is 249 g/mol. The summed E-state index contributed by atoms with van der Waals surface area (Å²) < 4.78 is 0. The van der Waals surface area contributed by atoms with Gasteiger partial charge < -0.3 is 10.6 Å². The summed E-state index contributed by atoms with van der Waals surface area (Å²) >= 11 is 0. The maximum Gasteiger partial charge on any atom is 0.252 e. The molecule has 0 unspecified atom stereocenters. The lowest BCUT2D eigenvalue weighted by Gasteiger charge is -2.06. The molecular formula is C14H23N3O. The van der Waals surface area contributed by atoms with Gasteiger partial charge in [0, 0.05) is 19.3 Å². The number of anilines is 1. The predicted octanol–water partition coefficient (Wildman–Crippen LogP) is 2.82. The number of amides is 1. The van der Waals surface area contributed by atoms with Crippen LogP contribution in [0.2, 0.25) is 0 Å². The van der Waals surface area contributed by atoms with Crippen LogP contribution >= 0.6 is 0 Å². The molecule has 2 N–H and O–H groups in total. The predicted molar refractivity (Wildman–Crippen MR) is 74.9 cm³/mol. The lowest BCUT2D eigenvalue weighted by Crippen LogP contribution is -2.24. The van der Waals surface area contributed by atoms with Crippen LogP contribution < -0.4 is 10.6 Å². The molecule has 0 saturated heterocycles. The van der Waals surface area contributed by atoms with Crippen molar-refractivity contribution < 1.29 is 4.79 Å². The van der Waals surface area contributed by atoms with Crippen molar-refractivity contribution in [2.24, 2.45) is 0 Å². The summed E-state index contributed by atoms with van der Waals surface area (Å²) in [6.45, 7) is 5.89. The standard InChI is InChI=1S/C14H23N3O/c1-3-5-6-10-16-14(18)12-7-8-13(17-11-12)15-9-4-2/h7-8,11H,3-6,9-10H2,1-2H3,(H,15,17)(H,16,18). The average Bonchev–Trinajstić information content (AvgIpc) is 2.41. The molecule has 1 amide bonds. The Kier molecular flexibility index (Phi) is 6.84. The molecule has 0 bridgehead atoms. The highest BCUT2D eigenvalue weighted by Gasteiger charge is 2.04. The topological polar surface area (TPSA) is 54.0 Å². The Morgan fingerprint density at radius 2 is 2.00 bits per heavy atom. The maximum absolute atomic E-state index is 11.8. The van der Waals surface area contributed by atoms with Crippen molar-refractivity contribution in [3.05, 3.63) is 23.9 Å². The molecule has 0 spiro atoms. The van der Waals surface area contributed by atoms with Gasteiger partial charge in [-0.3, -0.25) is 4.79 Å². The van der Waals surface area contributed by atoms with Crippen LogP contribution in [0.25, 0.3) is 0 Å². The van der Waals surface area contributed by atoms with E-state index in [-0.39, 0.29) is 5.91 Å². The molecule has 4 heteroatoms. The lowest BCUT2D eigenvalue weighted by molar-refractivity contribution is 0.0952. The van der Waals surface area contributed by atoms with Crippen molar-refractivity contribution in [1.29, 1.82) is 0 Å². The Bertz CT molecular complexity index is 349. The third-order valence-electron chi connectivity index (χ3n) is 2.65. The number of hydrogen-bond donors (Lipinski definition) is 2. The first-order valence-corrected chi connectivity index (χ1v) is 6.76. The van der Waals surface area contributed by atoms with Gasteiger partial charge in [0.1, 0.15) is 5.82 Å². The Balaban J connectivity index is 2.38. The van der Waals surface area contributed by atoms with Crippen LogP contribution in [0.3, 0.4) is 0 Å². The highest BCUT2D eigenvalue weighted by Crippen LogP contribution is 2.05. The van der Waals surface area contributed by atoms with Gasteiger partial charge in [-0.25, -0.2) is 4.98 Å². The second-order valence-electron chi connectivity index (χ2n) is 4.32. The molecular weight excluding hydrogens is 226 g/mol. The summed E-state index contributed by atoms with van der Waals surface area (Å²) in [5, 5.41) is 6.07. The fourth-order valence-corrected chi connectivity index (χ4v) is 1.56. The number of carbonyl (C=O) groups is 1. The largest absolute Gasteiger partial charge is 0.370 e. The van der Waals surface area contributed by atoms with Crippen molar-refractivity contribution in [2.45, 2.75) is 39.5 Å². The molecule has 4 nitrogen and oxygen atoms in total. The summed E-state index contributed by atoms with van der Waals surface area (Å²) in [5.41, 5.74) is 0.619. The van der Waals surface area contributed by atoms with Crippen LogP contribution in [0, 0.1) is 0 Å². The number of rotatable bonds is 8. The molecule has 0 aliphatic carbocycles. The van der Waals surface area contributed by atoms with Crippen molar-refractivity contribution in [3.63, 3.8) is 0 Å². The van der Waals surface area contributed by atoms with Crippen molar-refractivity contribution in [2.75, 3.05) is 18.4 Å². The Hall–Kier alpha value is -1.58. The smallest absolute Gasteiger partial charge is 0.252 e. The summed E-state index contributed by atoms with van der Waals surface area (Å²) in [4.78, 5) is 16.0. The van der Waals surface area contributed by atoms with Gasteiger partial charge in [0.2, 0.25) is 0 Å². The van der Waals surface area contributed by atoms with E-state index in [1.165, 1.54) is 0 Å². The number of carbonyl (C=O) groups excluding carboxylic acids is 1. The van der Waals surface area contributed by atoms with E-state index in [1.54, 1.807) is 12.3 Å². The molecule has 0 atom stereocenters. The number of pyridine rings is 1. The van der Waals surface area contributed by atoms with Crippen LogP contribution in [-0.4, -0.2) is 24.0 Å². The number of aromatic nitrogens is 1. The first-order chi connectivity index (χ1) is 8.77. The molecule has 18 heavy (non-hydrogen) atoms. The summed E-state index contributed by atoms with van der Waals surface area (Å²) in [6.07, 6.45) is 6.02. The van der Waals surface area contributed by atoms with E-state index in [0.29, 0.717) is 5.56 Å². The van der Waals surface area contributed by atoms with Gasteiger partial charge in [0.25, 0.3) is 5.91 Å². The number of unbranched alkanes of at least 4 members (excludes halogenated alkanes) is 2. The third-order valence-corrected chi connectivity index (χ3v) is 2.65. The zero-order chi connectivity index (χ0) is 13.2. The normalized spacial score (nSPS) is 10.1. The molecule has 1 aromatic rings. The van der Waals surface area contributed by atoms with Crippen LogP contribution in [0.5, 0.6) is 0 Å².